The highest BCUT2D eigenvalue weighted by Gasteiger charge is 2.35. The molecule has 0 amide bonds. The molecule has 1 N–H and O–H groups in total. The Bertz CT molecular complexity index is 343. The number of hydrogen-bond acceptors (Lipinski definition) is 3. The molecule has 0 aromatic carbocycles. The summed E-state index contributed by atoms with van der Waals surface area (Å²) in [6.07, 6.45) is 5.49. The summed E-state index contributed by atoms with van der Waals surface area (Å²) in [5, 5.41) is 8.20. The first-order chi connectivity index (χ1) is 8.36. The van der Waals surface area contributed by atoms with Gasteiger partial charge >= 0.3 is 0 Å². The minimum atomic E-state index is 0.594. The Balaban J connectivity index is 1.72. The molecule has 2 aliphatic rings. The van der Waals surface area contributed by atoms with Crippen LogP contribution in [0.4, 0.5) is 0 Å². The van der Waals surface area contributed by atoms with Gasteiger partial charge in [-0.25, -0.2) is 0 Å². The molecule has 1 aromatic heterocycles. The van der Waals surface area contributed by atoms with E-state index in [9.17, 15) is 0 Å². The van der Waals surface area contributed by atoms with Gasteiger partial charge < -0.3 is 5.32 Å². The second kappa shape index (κ2) is 5.09. The van der Waals surface area contributed by atoms with Gasteiger partial charge in [-0.05, 0) is 68.1 Å². The van der Waals surface area contributed by atoms with Crippen molar-refractivity contribution in [2.24, 2.45) is 0 Å². The highest BCUT2D eigenvalue weighted by atomic mass is 32.1. The molecular formula is C14H22N2S. The monoisotopic (exact) mass is 250 g/mol. The molecule has 0 aliphatic carbocycles. The molecular weight excluding hydrogens is 228 g/mol. The zero-order valence-electron chi connectivity index (χ0n) is 10.6. The summed E-state index contributed by atoms with van der Waals surface area (Å²) in [7, 11) is 0. The maximum Gasteiger partial charge on any atom is 0.0331 e. The minimum Gasteiger partial charge on any atom is -0.312 e. The lowest BCUT2D eigenvalue weighted by Crippen LogP contribution is -2.44. The molecule has 1 aromatic rings. The van der Waals surface area contributed by atoms with Crippen molar-refractivity contribution in [1.82, 2.24) is 10.2 Å². The number of nitrogens with one attached hydrogen (secondary N) is 1. The average Bonchev–Trinajstić information content (AvgIpc) is 3.09. The number of likely N-dealkylation sites (tertiary alicyclic amines) is 1. The SMILES string of the molecule is CC(c1ccsc1)N1CCCC1C1CCCN1. The van der Waals surface area contributed by atoms with E-state index in [-0.39, 0.29) is 0 Å². The summed E-state index contributed by atoms with van der Waals surface area (Å²) in [6, 6.07) is 4.40. The van der Waals surface area contributed by atoms with Crippen LogP contribution >= 0.6 is 11.3 Å². The van der Waals surface area contributed by atoms with E-state index < -0.39 is 0 Å². The van der Waals surface area contributed by atoms with Crippen LogP contribution in [0.15, 0.2) is 16.8 Å². The lowest BCUT2D eigenvalue weighted by molar-refractivity contribution is 0.163. The van der Waals surface area contributed by atoms with Crippen LogP contribution in [0.1, 0.15) is 44.2 Å². The van der Waals surface area contributed by atoms with Crippen molar-refractivity contribution in [3.8, 4) is 0 Å². The third-order valence-corrected chi connectivity index (χ3v) is 5.13. The van der Waals surface area contributed by atoms with Gasteiger partial charge in [0, 0.05) is 18.1 Å². The van der Waals surface area contributed by atoms with Crippen molar-refractivity contribution >= 4 is 11.3 Å². The van der Waals surface area contributed by atoms with E-state index in [0.29, 0.717) is 6.04 Å². The molecule has 94 valence electrons. The van der Waals surface area contributed by atoms with Crippen molar-refractivity contribution in [2.45, 2.75) is 50.7 Å². The van der Waals surface area contributed by atoms with Gasteiger partial charge in [0.15, 0.2) is 0 Å². The molecule has 3 heterocycles. The normalized spacial score (nSPS) is 32.1. The van der Waals surface area contributed by atoms with Gasteiger partial charge in [0.25, 0.3) is 0 Å². The Hall–Kier alpha value is -0.380. The topological polar surface area (TPSA) is 15.3 Å². The van der Waals surface area contributed by atoms with Crippen molar-refractivity contribution in [1.29, 1.82) is 0 Å². The van der Waals surface area contributed by atoms with Crippen LogP contribution in [0, 0.1) is 0 Å². The van der Waals surface area contributed by atoms with Crippen LogP contribution in [0.5, 0.6) is 0 Å². The van der Waals surface area contributed by atoms with Crippen LogP contribution in [0.25, 0.3) is 0 Å². The first-order valence-electron chi connectivity index (χ1n) is 6.87. The van der Waals surface area contributed by atoms with E-state index in [4.69, 9.17) is 0 Å². The van der Waals surface area contributed by atoms with Gasteiger partial charge in [0.2, 0.25) is 0 Å². The van der Waals surface area contributed by atoms with Crippen LogP contribution < -0.4 is 5.32 Å². The third kappa shape index (κ3) is 2.28. The van der Waals surface area contributed by atoms with Gasteiger partial charge in [0.05, 0.1) is 0 Å². The second-order valence-corrected chi connectivity index (χ2v) is 6.16. The van der Waals surface area contributed by atoms with Crippen LogP contribution in [-0.4, -0.2) is 30.1 Å². The molecule has 0 saturated carbocycles. The minimum absolute atomic E-state index is 0.594. The van der Waals surface area contributed by atoms with Crippen LogP contribution in [-0.2, 0) is 0 Å². The van der Waals surface area contributed by atoms with Gasteiger partial charge in [-0.1, -0.05) is 0 Å². The maximum atomic E-state index is 3.69. The van der Waals surface area contributed by atoms with Crippen molar-refractivity contribution in [3.05, 3.63) is 22.4 Å². The van der Waals surface area contributed by atoms with Crippen molar-refractivity contribution < 1.29 is 0 Å². The van der Waals surface area contributed by atoms with E-state index in [1.165, 1.54) is 44.3 Å². The van der Waals surface area contributed by atoms with Gasteiger partial charge in [-0.15, -0.1) is 0 Å². The molecule has 2 fully saturated rings. The highest BCUT2D eigenvalue weighted by Crippen LogP contribution is 2.33. The van der Waals surface area contributed by atoms with E-state index in [1.54, 1.807) is 0 Å². The lowest BCUT2D eigenvalue weighted by atomic mass is 10.0. The van der Waals surface area contributed by atoms with E-state index >= 15 is 0 Å². The molecule has 2 aliphatic heterocycles. The molecule has 2 nitrogen and oxygen atoms in total. The maximum absolute atomic E-state index is 3.69. The fourth-order valence-electron chi connectivity index (χ4n) is 3.47. The van der Waals surface area contributed by atoms with Crippen molar-refractivity contribution in [2.75, 3.05) is 13.1 Å². The standard InChI is InChI=1S/C14H22N2S/c1-11(12-6-9-17-10-12)16-8-3-5-14(16)13-4-2-7-15-13/h6,9-11,13-15H,2-5,7-8H2,1H3. The molecule has 0 bridgehead atoms. The molecule has 3 unspecified atom stereocenters. The van der Waals surface area contributed by atoms with E-state index in [0.717, 1.165) is 12.1 Å². The summed E-state index contributed by atoms with van der Waals surface area (Å²) < 4.78 is 0. The number of hydrogen-bond donors (Lipinski definition) is 1. The first kappa shape index (κ1) is 11.7. The molecule has 17 heavy (non-hydrogen) atoms. The Morgan fingerprint density at radius 2 is 2.35 bits per heavy atom. The third-order valence-electron chi connectivity index (χ3n) is 4.43. The predicted octanol–water partition coefficient (Wildman–Crippen LogP) is 3.03. The highest BCUT2D eigenvalue weighted by molar-refractivity contribution is 7.07. The Morgan fingerprint density at radius 3 is 3.06 bits per heavy atom. The van der Waals surface area contributed by atoms with Gasteiger partial charge in [-0.2, -0.15) is 11.3 Å². The fourth-order valence-corrected chi connectivity index (χ4v) is 4.22. The second-order valence-electron chi connectivity index (χ2n) is 5.38. The number of thiophene rings is 1. The molecule has 2 saturated heterocycles. The molecule has 3 heteroatoms. The van der Waals surface area contributed by atoms with Gasteiger partial charge in [-0.3, -0.25) is 4.90 Å². The largest absolute Gasteiger partial charge is 0.312 e. The zero-order chi connectivity index (χ0) is 11.7. The summed E-state index contributed by atoms with van der Waals surface area (Å²) in [4.78, 5) is 2.73. The van der Waals surface area contributed by atoms with E-state index in [2.05, 4.69) is 34.0 Å². The summed E-state index contributed by atoms with van der Waals surface area (Å²) in [6.45, 7) is 4.87. The molecule has 3 rings (SSSR count). The average molecular weight is 250 g/mol. The predicted molar refractivity (Wildman–Crippen MR) is 73.5 cm³/mol. The Morgan fingerprint density at radius 1 is 1.41 bits per heavy atom. The summed E-state index contributed by atoms with van der Waals surface area (Å²) >= 11 is 1.82. The van der Waals surface area contributed by atoms with Crippen molar-refractivity contribution in [3.63, 3.8) is 0 Å². The fraction of sp³-hybridized carbons (Fsp3) is 0.714. The summed E-state index contributed by atoms with van der Waals surface area (Å²) in [5.41, 5.74) is 1.50. The zero-order valence-corrected chi connectivity index (χ0v) is 11.4. The molecule has 0 radical (unpaired) electrons. The Kier molecular flexibility index (Phi) is 3.50. The Labute approximate surface area is 108 Å². The molecule has 0 spiro atoms. The summed E-state index contributed by atoms with van der Waals surface area (Å²) in [5.74, 6) is 0. The smallest absolute Gasteiger partial charge is 0.0331 e. The quantitative estimate of drug-likeness (QED) is 0.887. The van der Waals surface area contributed by atoms with Crippen LogP contribution in [0.3, 0.4) is 0 Å². The van der Waals surface area contributed by atoms with Gasteiger partial charge in [0.1, 0.15) is 0 Å². The van der Waals surface area contributed by atoms with Crippen LogP contribution in [0.2, 0.25) is 0 Å². The first-order valence-corrected chi connectivity index (χ1v) is 7.82. The lowest BCUT2D eigenvalue weighted by Gasteiger charge is -2.34. The van der Waals surface area contributed by atoms with E-state index in [1.807, 2.05) is 11.3 Å². The number of nitrogens with zero attached hydrogens (tertiary/aromatic N) is 1. The molecule has 3 atom stereocenters. The number of rotatable bonds is 3.